The number of fused-ring (bicyclic) bond motifs is 1. The van der Waals surface area contributed by atoms with Gasteiger partial charge in [0, 0.05) is 13.5 Å². The molecule has 0 saturated carbocycles. The van der Waals surface area contributed by atoms with Crippen molar-refractivity contribution >= 4 is 5.97 Å². The average molecular weight is 443 g/mol. The summed E-state index contributed by atoms with van der Waals surface area (Å²) in [7, 11) is 1.44. The molecular weight excluding hydrogens is 416 g/mol. The molecule has 2 aliphatic heterocycles. The first-order valence-electron chi connectivity index (χ1n) is 10.3. The van der Waals surface area contributed by atoms with Gasteiger partial charge in [0.25, 0.3) is 0 Å². The van der Waals surface area contributed by atoms with Gasteiger partial charge >= 0.3 is 5.97 Å². The Labute approximate surface area is 185 Å². The monoisotopic (exact) mass is 443 g/mol. The van der Waals surface area contributed by atoms with E-state index in [9.17, 15) is 20.2 Å². The maximum Gasteiger partial charge on any atom is 0.304 e. The van der Waals surface area contributed by atoms with Crippen molar-refractivity contribution < 1.29 is 39.5 Å². The zero-order valence-corrected chi connectivity index (χ0v) is 18.2. The van der Waals surface area contributed by atoms with Crippen LogP contribution in [0.2, 0.25) is 0 Å². The number of carbonyl (C=O) groups is 1. The predicted octanol–water partition coefficient (Wildman–Crippen LogP) is 2.06. The molecule has 9 heteroatoms. The molecule has 0 saturated heterocycles. The largest absolute Gasteiger partial charge is 0.504 e. The highest BCUT2D eigenvalue weighted by atomic mass is 16.7. The third-order valence-corrected chi connectivity index (χ3v) is 6.17. The summed E-state index contributed by atoms with van der Waals surface area (Å²) in [5.41, 5.74) is 3.18. The molecule has 4 N–H and O–H groups in total. The quantitative estimate of drug-likeness (QED) is 0.514. The molecule has 0 fully saturated rings. The smallest absolute Gasteiger partial charge is 0.304 e. The maximum atomic E-state index is 11.8. The lowest BCUT2D eigenvalue weighted by atomic mass is 9.91. The van der Waals surface area contributed by atoms with Crippen LogP contribution in [-0.4, -0.2) is 46.4 Å². The fourth-order valence-electron chi connectivity index (χ4n) is 4.36. The van der Waals surface area contributed by atoms with Gasteiger partial charge in [-0.25, -0.2) is 5.21 Å². The number of hydrogen-bond donors (Lipinski definition) is 4. The van der Waals surface area contributed by atoms with Crippen LogP contribution >= 0.6 is 0 Å². The van der Waals surface area contributed by atoms with Gasteiger partial charge < -0.3 is 29.3 Å². The van der Waals surface area contributed by atoms with Crippen LogP contribution in [0.1, 0.15) is 37.3 Å². The minimum atomic E-state index is -0.986. The van der Waals surface area contributed by atoms with Gasteiger partial charge in [0.15, 0.2) is 28.7 Å². The van der Waals surface area contributed by atoms with Crippen molar-refractivity contribution in [3.05, 3.63) is 58.9 Å². The van der Waals surface area contributed by atoms with E-state index in [0.717, 1.165) is 17.0 Å². The Morgan fingerprint density at radius 1 is 1.22 bits per heavy atom. The molecule has 4 rings (SSSR count). The number of aromatic hydroxyl groups is 1. The molecular formula is C23H27N2O7+. The molecule has 9 nitrogen and oxygen atoms in total. The van der Waals surface area contributed by atoms with E-state index >= 15 is 0 Å². The number of phenols is 1. The molecule has 0 aliphatic carbocycles. The molecule has 3 atom stereocenters. The Kier molecular flexibility index (Phi) is 5.86. The van der Waals surface area contributed by atoms with E-state index in [-0.39, 0.29) is 29.8 Å². The van der Waals surface area contributed by atoms with E-state index in [1.807, 2.05) is 36.9 Å². The first-order valence-corrected chi connectivity index (χ1v) is 10.3. The number of hydroxylamine groups is 2. The summed E-state index contributed by atoms with van der Waals surface area (Å²) in [6.45, 7) is 4.36. The van der Waals surface area contributed by atoms with Crippen molar-refractivity contribution in [1.82, 2.24) is 4.90 Å². The lowest BCUT2D eigenvalue weighted by Gasteiger charge is -2.32. The highest BCUT2D eigenvalue weighted by molar-refractivity contribution is 5.68. The van der Waals surface area contributed by atoms with E-state index in [1.165, 1.54) is 13.2 Å². The minimum absolute atomic E-state index is 0.0346. The van der Waals surface area contributed by atoms with Gasteiger partial charge in [-0.05, 0) is 42.3 Å². The Bertz CT molecular complexity index is 1070. The summed E-state index contributed by atoms with van der Waals surface area (Å²) in [5, 5.41) is 30.8. The van der Waals surface area contributed by atoms with E-state index in [0.29, 0.717) is 23.6 Å². The Morgan fingerprint density at radius 2 is 1.97 bits per heavy atom. The third-order valence-electron chi connectivity index (χ3n) is 6.17. The molecule has 0 amide bonds. The molecule has 32 heavy (non-hydrogen) atoms. The van der Waals surface area contributed by atoms with Crippen LogP contribution in [0.25, 0.3) is 0 Å². The second-order valence-corrected chi connectivity index (χ2v) is 7.99. The number of nitrogens with zero attached hydrogens (tertiary/aromatic N) is 1. The SMILES string of the molecule is COc1cc(C(CC(=O)O)C2N(Cc3ccc4c(c3)OCO4)C(C)=C(C)[NH+]2O)ccc1O. The predicted molar refractivity (Wildman–Crippen MR) is 113 cm³/mol. The van der Waals surface area contributed by atoms with E-state index < -0.39 is 18.1 Å². The fraction of sp³-hybridized carbons (Fsp3) is 0.348. The molecule has 170 valence electrons. The Hall–Kier alpha value is -3.43. The van der Waals surface area contributed by atoms with Crippen molar-refractivity contribution in [2.75, 3.05) is 13.9 Å². The number of benzene rings is 2. The summed E-state index contributed by atoms with van der Waals surface area (Å²) >= 11 is 0. The number of phenolic OH excluding ortho intramolecular Hbond substituents is 1. The van der Waals surface area contributed by atoms with E-state index in [1.54, 1.807) is 12.1 Å². The van der Waals surface area contributed by atoms with E-state index in [4.69, 9.17) is 14.2 Å². The van der Waals surface area contributed by atoms with Gasteiger partial charge in [0.2, 0.25) is 13.0 Å². The summed E-state index contributed by atoms with van der Waals surface area (Å²) in [5.74, 6) is -0.00471. The van der Waals surface area contributed by atoms with Gasteiger partial charge in [-0.2, -0.15) is 0 Å². The van der Waals surface area contributed by atoms with Gasteiger partial charge in [-0.3, -0.25) is 4.79 Å². The molecule has 0 radical (unpaired) electrons. The van der Waals surface area contributed by atoms with Crippen molar-refractivity contribution in [2.45, 2.75) is 38.9 Å². The van der Waals surface area contributed by atoms with Gasteiger partial charge in [0.05, 0.1) is 25.1 Å². The minimum Gasteiger partial charge on any atom is -0.504 e. The second kappa shape index (κ2) is 8.60. The highest BCUT2D eigenvalue weighted by Gasteiger charge is 2.46. The zero-order chi connectivity index (χ0) is 23.0. The first kappa shape index (κ1) is 21.8. The molecule has 2 heterocycles. The van der Waals surface area contributed by atoms with Crippen molar-refractivity contribution in [3.63, 3.8) is 0 Å². The molecule has 2 aromatic rings. The average Bonchev–Trinajstić information content (AvgIpc) is 3.31. The lowest BCUT2D eigenvalue weighted by molar-refractivity contribution is -1.08. The normalized spacial score (nSPS) is 20.6. The third kappa shape index (κ3) is 3.92. The van der Waals surface area contributed by atoms with Crippen molar-refractivity contribution in [2.24, 2.45) is 0 Å². The number of ether oxygens (including phenoxy) is 3. The summed E-state index contributed by atoms with van der Waals surface area (Å²) in [6, 6.07) is 10.4. The summed E-state index contributed by atoms with van der Waals surface area (Å²) < 4.78 is 16.1. The highest BCUT2D eigenvalue weighted by Crippen LogP contribution is 2.37. The first-order chi connectivity index (χ1) is 15.3. The van der Waals surface area contributed by atoms with Crippen molar-refractivity contribution in [3.8, 4) is 23.0 Å². The number of carboxylic acid groups (broad SMARTS) is 1. The number of carboxylic acids is 1. The summed E-state index contributed by atoms with van der Waals surface area (Å²) in [4.78, 5) is 13.8. The topological polar surface area (TPSA) is 113 Å². The van der Waals surface area contributed by atoms with Crippen LogP contribution < -0.4 is 19.3 Å². The number of rotatable bonds is 7. The molecule has 0 spiro atoms. The van der Waals surface area contributed by atoms with Crippen molar-refractivity contribution in [1.29, 1.82) is 0 Å². The second-order valence-electron chi connectivity index (χ2n) is 7.99. The number of hydrogen-bond acceptors (Lipinski definition) is 7. The van der Waals surface area contributed by atoms with E-state index in [2.05, 4.69) is 0 Å². The van der Waals surface area contributed by atoms with Crippen LogP contribution in [0.3, 0.4) is 0 Å². The number of methoxy groups -OCH3 is 1. The van der Waals surface area contributed by atoms with Gasteiger partial charge in [0.1, 0.15) is 0 Å². The van der Waals surface area contributed by atoms with Crippen LogP contribution in [-0.2, 0) is 11.3 Å². The Morgan fingerprint density at radius 3 is 2.69 bits per heavy atom. The molecule has 3 unspecified atom stereocenters. The molecule has 2 aromatic carbocycles. The zero-order valence-electron chi connectivity index (χ0n) is 18.2. The molecule has 0 bridgehead atoms. The standard InChI is InChI=1S/C23H26N2O7/c1-13-14(2)25(29)23(24(13)11-15-4-7-19-21(8-15)32-12-31-19)17(10-22(27)28)16-5-6-18(26)20(9-16)30-3/h4-9,17,23,26,29H,10-12H2,1-3H3,(H,27,28)/p+1. The number of quaternary nitrogens is 1. The lowest BCUT2D eigenvalue weighted by Crippen LogP contribution is -3.12. The summed E-state index contributed by atoms with van der Waals surface area (Å²) in [6.07, 6.45) is -0.799. The number of allylic oxidation sites excluding steroid dienone is 2. The van der Waals surface area contributed by atoms with Gasteiger partial charge in [-0.1, -0.05) is 12.1 Å². The number of aliphatic carboxylic acids is 1. The van der Waals surface area contributed by atoms with Crippen LogP contribution in [0.4, 0.5) is 0 Å². The van der Waals surface area contributed by atoms with Gasteiger partial charge in [-0.15, -0.1) is 5.06 Å². The number of nitrogens with one attached hydrogen (secondary N) is 1. The molecule has 0 aromatic heterocycles. The maximum absolute atomic E-state index is 11.8. The fourth-order valence-corrected chi connectivity index (χ4v) is 4.36. The molecule has 2 aliphatic rings. The van der Waals surface area contributed by atoms with Crippen LogP contribution in [0, 0.1) is 0 Å². The Balaban J connectivity index is 1.71. The van der Waals surface area contributed by atoms with Crippen LogP contribution in [0.15, 0.2) is 47.8 Å². The van der Waals surface area contributed by atoms with Crippen LogP contribution in [0.5, 0.6) is 23.0 Å².